The first kappa shape index (κ1) is 29.0. The fraction of sp³-hybridized carbons (Fsp3) is 0.294. The van der Waals surface area contributed by atoms with Crippen LogP contribution in [0.1, 0.15) is 46.7 Å². The number of likely N-dealkylation sites (tertiary alicyclic amines) is 1. The second-order valence-corrected chi connectivity index (χ2v) is 13.1. The van der Waals surface area contributed by atoms with Gasteiger partial charge in [0.25, 0.3) is 5.91 Å². The predicted octanol–water partition coefficient (Wildman–Crippen LogP) is 4.82. The molecule has 222 valence electrons. The Kier molecular flexibility index (Phi) is 8.30. The molecule has 4 aromatic carbocycles. The van der Waals surface area contributed by atoms with E-state index in [4.69, 9.17) is 0 Å². The molecule has 0 bridgehead atoms. The highest BCUT2D eigenvalue weighted by Gasteiger charge is 2.35. The molecule has 2 fully saturated rings. The van der Waals surface area contributed by atoms with Crippen molar-refractivity contribution in [1.29, 1.82) is 0 Å². The molecule has 9 heteroatoms. The Balaban J connectivity index is 1.10. The monoisotopic (exact) mass is 596 g/mol. The van der Waals surface area contributed by atoms with Crippen molar-refractivity contribution in [2.75, 3.05) is 25.0 Å². The van der Waals surface area contributed by atoms with Gasteiger partial charge in [-0.15, -0.1) is 0 Å². The Hall–Kier alpha value is -4.05. The topological polar surface area (TPSA) is 108 Å². The van der Waals surface area contributed by atoms with Crippen LogP contribution in [0.3, 0.4) is 0 Å². The molecular weight excluding hydrogens is 560 g/mol. The number of carbonyl (C=O) groups is 2. The number of anilines is 1. The molecule has 0 unspecified atom stereocenters. The van der Waals surface area contributed by atoms with E-state index in [0.29, 0.717) is 53.9 Å². The fourth-order valence-corrected chi connectivity index (χ4v) is 7.77. The van der Waals surface area contributed by atoms with Gasteiger partial charge < -0.3 is 15.5 Å². The van der Waals surface area contributed by atoms with Crippen molar-refractivity contribution in [2.45, 2.75) is 49.1 Å². The first-order valence-electron chi connectivity index (χ1n) is 14.8. The van der Waals surface area contributed by atoms with E-state index in [1.165, 1.54) is 5.56 Å². The van der Waals surface area contributed by atoms with Gasteiger partial charge in [-0.3, -0.25) is 9.59 Å². The highest BCUT2D eigenvalue weighted by Crippen LogP contribution is 2.31. The third-order valence-electron chi connectivity index (χ3n) is 8.64. The number of nitrogens with one attached hydrogen (secondary N) is 3. The molecule has 0 radical (unpaired) electrons. The van der Waals surface area contributed by atoms with Crippen LogP contribution >= 0.6 is 0 Å². The molecule has 0 aliphatic carbocycles. The molecule has 3 N–H and O–H groups in total. The Bertz CT molecular complexity index is 1750. The average Bonchev–Trinajstić information content (AvgIpc) is 3.52. The lowest BCUT2D eigenvalue weighted by Crippen LogP contribution is -2.50. The van der Waals surface area contributed by atoms with E-state index in [2.05, 4.69) is 27.5 Å². The average molecular weight is 597 g/mol. The third-order valence-corrected chi connectivity index (χ3v) is 10.2. The van der Waals surface area contributed by atoms with Gasteiger partial charge in [0.15, 0.2) is 0 Å². The van der Waals surface area contributed by atoms with Crippen LogP contribution in [0.2, 0.25) is 0 Å². The minimum absolute atomic E-state index is 0.0917. The number of hydrogen-bond donors (Lipinski definition) is 3. The van der Waals surface area contributed by atoms with Crippen LogP contribution in [0.5, 0.6) is 0 Å². The number of carbonyl (C=O) groups excluding carboxylic acids is 2. The molecule has 8 nitrogen and oxygen atoms in total. The smallest absolute Gasteiger partial charge is 0.255 e. The van der Waals surface area contributed by atoms with E-state index >= 15 is 0 Å². The van der Waals surface area contributed by atoms with E-state index in [9.17, 15) is 18.0 Å². The van der Waals surface area contributed by atoms with Crippen LogP contribution in [0.4, 0.5) is 5.69 Å². The predicted molar refractivity (Wildman–Crippen MR) is 169 cm³/mol. The number of amides is 2. The quantitative estimate of drug-likeness (QED) is 0.284. The second-order valence-electron chi connectivity index (χ2n) is 11.5. The Morgan fingerprint density at radius 1 is 0.837 bits per heavy atom. The number of hydrogen-bond acceptors (Lipinski definition) is 5. The van der Waals surface area contributed by atoms with Crippen LogP contribution < -0.4 is 15.4 Å². The zero-order valence-corrected chi connectivity index (χ0v) is 24.9. The molecule has 2 atom stereocenters. The molecule has 0 saturated carbocycles. The highest BCUT2D eigenvalue weighted by molar-refractivity contribution is 7.89. The van der Waals surface area contributed by atoms with Gasteiger partial charge in [0, 0.05) is 47.7 Å². The molecule has 2 amide bonds. The van der Waals surface area contributed by atoms with Gasteiger partial charge in [-0.05, 0) is 61.4 Å². The number of aryl methyl sites for hydroxylation is 1. The number of sulfonamides is 1. The second kappa shape index (κ2) is 12.3. The normalized spacial score (nSPS) is 19.4. The van der Waals surface area contributed by atoms with Crippen molar-refractivity contribution >= 4 is 38.3 Å². The Labute approximate surface area is 252 Å². The maximum absolute atomic E-state index is 13.6. The summed E-state index contributed by atoms with van der Waals surface area (Å²) in [5.41, 5.74) is 3.21. The lowest BCUT2D eigenvalue weighted by molar-refractivity contribution is -0.134. The lowest BCUT2D eigenvalue weighted by atomic mass is 9.95. The molecular formula is C34H36N4O4S. The highest BCUT2D eigenvalue weighted by atomic mass is 32.2. The van der Waals surface area contributed by atoms with E-state index in [1.54, 1.807) is 30.3 Å². The summed E-state index contributed by atoms with van der Waals surface area (Å²) in [5.74, 6) is 0.159. The summed E-state index contributed by atoms with van der Waals surface area (Å²) in [6.07, 6.45) is 1.86. The summed E-state index contributed by atoms with van der Waals surface area (Å²) < 4.78 is 30.1. The Morgan fingerprint density at radius 2 is 1.51 bits per heavy atom. The molecule has 0 aromatic heterocycles. The summed E-state index contributed by atoms with van der Waals surface area (Å²) in [7, 11) is -3.86. The van der Waals surface area contributed by atoms with Crippen LogP contribution in [0.15, 0.2) is 95.9 Å². The maximum atomic E-state index is 13.6. The van der Waals surface area contributed by atoms with Gasteiger partial charge >= 0.3 is 0 Å². The molecule has 43 heavy (non-hydrogen) atoms. The molecule has 2 aliphatic rings. The van der Waals surface area contributed by atoms with E-state index < -0.39 is 10.0 Å². The fourth-order valence-electron chi connectivity index (χ4n) is 6.26. The third kappa shape index (κ3) is 6.20. The van der Waals surface area contributed by atoms with Crippen LogP contribution in [0.25, 0.3) is 10.8 Å². The van der Waals surface area contributed by atoms with Crippen molar-refractivity contribution in [3.63, 3.8) is 0 Å². The number of fused-ring (bicyclic) bond motifs is 1. The molecule has 2 aliphatic heterocycles. The molecule has 2 saturated heterocycles. The van der Waals surface area contributed by atoms with Crippen LogP contribution in [0, 0.1) is 6.92 Å². The van der Waals surface area contributed by atoms with E-state index in [1.807, 2.05) is 60.4 Å². The van der Waals surface area contributed by atoms with Gasteiger partial charge in [0.1, 0.15) is 0 Å². The summed E-state index contributed by atoms with van der Waals surface area (Å²) in [6, 6.07) is 27.5. The lowest BCUT2D eigenvalue weighted by Gasteiger charge is -2.33. The molecule has 0 spiro atoms. The van der Waals surface area contributed by atoms with Crippen molar-refractivity contribution in [3.05, 3.63) is 108 Å². The van der Waals surface area contributed by atoms with E-state index in [-0.39, 0.29) is 28.8 Å². The number of piperidine rings is 1. The first-order valence-corrected chi connectivity index (χ1v) is 16.3. The van der Waals surface area contributed by atoms with Crippen molar-refractivity contribution in [1.82, 2.24) is 14.9 Å². The zero-order chi connectivity index (χ0) is 30.0. The minimum Gasteiger partial charge on any atom is -0.341 e. The summed E-state index contributed by atoms with van der Waals surface area (Å²) in [5, 5.41) is 7.52. The van der Waals surface area contributed by atoms with Gasteiger partial charge in [0.2, 0.25) is 15.9 Å². The van der Waals surface area contributed by atoms with Gasteiger partial charge in [-0.25, -0.2) is 13.1 Å². The first-order chi connectivity index (χ1) is 20.8. The summed E-state index contributed by atoms with van der Waals surface area (Å²) in [6.45, 7) is 3.66. The molecule has 2 heterocycles. The van der Waals surface area contributed by atoms with Crippen molar-refractivity contribution in [2.24, 2.45) is 0 Å². The number of benzene rings is 4. The molecule has 4 aromatic rings. The van der Waals surface area contributed by atoms with E-state index in [0.717, 1.165) is 18.5 Å². The van der Waals surface area contributed by atoms with Gasteiger partial charge in [-0.2, -0.15) is 0 Å². The standard InChI is InChI=1S/C34H36N4O4S/c1-23-9-5-6-12-27(23)33(39)36-30-15-16-32(29-14-8-7-13-28(29)30)43(41,42)37-26-17-19-38(20-18-26)34(40)31-21-25(22-35-31)24-10-3-2-4-11-24/h2-16,25-26,31,35,37H,17-22H2,1H3,(H,36,39)/t25-,31+/m1/s1. The van der Waals surface area contributed by atoms with Crippen LogP contribution in [-0.4, -0.2) is 56.9 Å². The molecule has 6 rings (SSSR count). The maximum Gasteiger partial charge on any atom is 0.255 e. The summed E-state index contributed by atoms with van der Waals surface area (Å²) >= 11 is 0. The van der Waals surface area contributed by atoms with Crippen LogP contribution in [-0.2, 0) is 14.8 Å². The summed E-state index contributed by atoms with van der Waals surface area (Å²) in [4.78, 5) is 28.3. The van der Waals surface area contributed by atoms with Gasteiger partial charge in [0.05, 0.1) is 10.9 Å². The largest absolute Gasteiger partial charge is 0.341 e. The van der Waals surface area contributed by atoms with Gasteiger partial charge in [-0.1, -0.05) is 72.8 Å². The SMILES string of the molecule is Cc1ccccc1C(=O)Nc1ccc(S(=O)(=O)NC2CCN(C(=O)[C@@H]3C[C@@H](c4ccccc4)CN3)CC2)c2ccccc12. The zero-order valence-electron chi connectivity index (χ0n) is 24.1. The number of nitrogens with zero attached hydrogens (tertiary/aromatic N) is 1. The van der Waals surface area contributed by atoms with Crippen molar-refractivity contribution in [3.8, 4) is 0 Å². The van der Waals surface area contributed by atoms with Crippen molar-refractivity contribution < 1.29 is 18.0 Å². The number of rotatable bonds is 7. The Morgan fingerprint density at radius 3 is 2.26 bits per heavy atom. The minimum atomic E-state index is -3.86.